The third-order valence-electron chi connectivity index (χ3n) is 2.91. The van der Waals surface area contributed by atoms with Crippen molar-refractivity contribution in [3.8, 4) is 5.75 Å². The highest BCUT2D eigenvalue weighted by atomic mass is 35.7. The van der Waals surface area contributed by atoms with Crippen molar-refractivity contribution in [1.29, 1.82) is 0 Å². The molecule has 8 heteroatoms. The van der Waals surface area contributed by atoms with Crippen molar-refractivity contribution in [2.45, 2.75) is 17.9 Å². The first-order valence-corrected chi connectivity index (χ1v) is 8.04. The van der Waals surface area contributed by atoms with Crippen molar-refractivity contribution in [3.63, 3.8) is 0 Å². The van der Waals surface area contributed by atoms with Gasteiger partial charge in [-0.15, -0.1) is 0 Å². The fourth-order valence-corrected chi connectivity index (χ4v) is 3.11. The number of methoxy groups -OCH3 is 1. The maximum Gasteiger partial charge on any atom is 0.263 e. The monoisotopic (exact) mass is 316 g/mol. The minimum atomic E-state index is -3.92. The Morgan fingerprint density at radius 2 is 2.15 bits per heavy atom. The summed E-state index contributed by atoms with van der Waals surface area (Å²) >= 11 is 0. The normalized spacial score (nSPS) is 11.7. The number of hydrogen-bond donors (Lipinski definition) is 1. The van der Waals surface area contributed by atoms with Crippen LogP contribution in [0.1, 0.15) is 6.42 Å². The summed E-state index contributed by atoms with van der Waals surface area (Å²) in [6, 6.07) is 5.10. The van der Waals surface area contributed by atoms with Crippen LogP contribution in [0.5, 0.6) is 5.75 Å². The van der Waals surface area contributed by atoms with Crippen LogP contribution in [0.2, 0.25) is 0 Å². The van der Waals surface area contributed by atoms with Crippen molar-refractivity contribution in [2.24, 2.45) is 5.73 Å². The number of fused-ring (bicyclic) bond motifs is 1. The van der Waals surface area contributed by atoms with E-state index in [2.05, 4.69) is 0 Å². The summed E-state index contributed by atoms with van der Waals surface area (Å²) in [5.74, 6) is -0.0652. The fourth-order valence-electron chi connectivity index (χ4n) is 2.05. The highest BCUT2D eigenvalue weighted by molar-refractivity contribution is 8.14. The maximum atomic E-state index is 11.7. The molecule has 2 N–H and O–H groups in total. The summed E-state index contributed by atoms with van der Waals surface area (Å²) in [4.78, 5) is 10.8. The second kappa shape index (κ2) is 5.34. The molecule has 0 saturated heterocycles. The lowest BCUT2D eigenvalue weighted by molar-refractivity contribution is -0.118. The minimum absolute atomic E-state index is 0.0453. The molecule has 0 aliphatic rings. The molecule has 108 valence electrons. The van der Waals surface area contributed by atoms with Gasteiger partial charge < -0.3 is 15.0 Å². The van der Waals surface area contributed by atoms with E-state index in [4.69, 9.17) is 21.2 Å². The maximum absolute atomic E-state index is 11.7. The molecule has 0 bridgehead atoms. The molecule has 2 rings (SSSR count). The minimum Gasteiger partial charge on any atom is -0.496 e. The largest absolute Gasteiger partial charge is 0.496 e. The average molecular weight is 317 g/mol. The number of rotatable bonds is 5. The number of aromatic nitrogens is 1. The van der Waals surface area contributed by atoms with Gasteiger partial charge >= 0.3 is 0 Å². The second-order valence-corrected chi connectivity index (χ2v) is 6.73. The zero-order chi connectivity index (χ0) is 14.9. The van der Waals surface area contributed by atoms with Gasteiger partial charge in [0.15, 0.2) is 0 Å². The lowest BCUT2D eigenvalue weighted by Gasteiger charge is -2.05. The van der Waals surface area contributed by atoms with Crippen molar-refractivity contribution in [1.82, 2.24) is 4.57 Å². The van der Waals surface area contributed by atoms with Gasteiger partial charge in [0, 0.05) is 29.8 Å². The molecule has 0 radical (unpaired) electrons. The number of benzene rings is 1. The van der Waals surface area contributed by atoms with E-state index in [0.29, 0.717) is 16.7 Å². The Morgan fingerprint density at radius 1 is 1.45 bits per heavy atom. The Balaban J connectivity index is 2.70. The van der Waals surface area contributed by atoms with Gasteiger partial charge in [-0.25, -0.2) is 8.42 Å². The van der Waals surface area contributed by atoms with Crippen molar-refractivity contribution < 1.29 is 17.9 Å². The van der Waals surface area contributed by atoms with E-state index in [1.807, 2.05) is 0 Å². The van der Waals surface area contributed by atoms with E-state index in [0.717, 1.165) is 0 Å². The second-order valence-electron chi connectivity index (χ2n) is 4.20. The predicted octanol–water partition coefficient (Wildman–Crippen LogP) is 1.45. The van der Waals surface area contributed by atoms with E-state index in [-0.39, 0.29) is 17.9 Å². The van der Waals surface area contributed by atoms with E-state index in [1.54, 1.807) is 22.8 Å². The third kappa shape index (κ3) is 2.73. The van der Waals surface area contributed by atoms with Crippen LogP contribution in [0, 0.1) is 0 Å². The molecule has 1 aromatic carbocycles. The summed E-state index contributed by atoms with van der Waals surface area (Å²) in [7, 11) is 2.97. The molecule has 0 spiro atoms. The van der Waals surface area contributed by atoms with Gasteiger partial charge in [-0.1, -0.05) is 6.07 Å². The van der Waals surface area contributed by atoms with Crippen molar-refractivity contribution in [3.05, 3.63) is 24.4 Å². The van der Waals surface area contributed by atoms with E-state index in [9.17, 15) is 13.2 Å². The number of carbonyl (C=O) groups excluding carboxylic acids is 1. The number of amides is 1. The Labute approximate surface area is 120 Å². The van der Waals surface area contributed by atoms with Gasteiger partial charge in [-0.05, 0) is 12.1 Å². The molecule has 0 aliphatic heterocycles. The van der Waals surface area contributed by atoms with Gasteiger partial charge in [0.1, 0.15) is 10.6 Å². The number of halogens is 1. The zero-order valence-corrected chi connectivity index (χ0v) is 12.2. The molecule has 6 nitrogen and oxygen atoms in total. The average Bonchev–Trinajstić information content (AvgIpc) is 2.75. The quantitative estimate of drug-likeness (QED) is 0.845. The van der Waals surface area contributed by atoms with Crippen LogP contribution in [0.4, 0.5) is 0 Å². The predicted molar refractivity (Wildman–Crippen MR) is 75.3 cm³/mol. The van der Waals surface area contributed by atoms with Crippen LogP contribution >= 0.6 is 10.7 Å². The number of nitrogens with zero attached hydrogens (tertiary/aromatic N) is 1. The third-order valence-corrected chi connectivity index (χ3v) is 4.25. The lowest BCUT2D eigenvalue weighted by Crippen LogP contribution is -2.13. The van der Waals surface area contributed by atoms with Crippen LogP contribution in [0.25, 0.3) is 10.9 Å². The molecule has 1 heterocycles. The van der Waals surface area contributed by atoms with Crippen LogP contribution in [-0.2, 0) is 20.4 Å². The Hall–Kier alpha value is -1.73. The fraction of sp³-hybridized carbons (Fsp3) is 0.250. The summed E-state index contributed by atoms with van der Waals surface area (Å²) in [6.45, 7) is 0.269. The van der Waals surface area contributed by atoms with E-state index in [1.165, 1.54) is 13.3 Å². The first-order chi connectivity index (χ1) is 9.34. The standard InChI is InChI=1S/C12H13ClN2O4S/c1-19-9-4-2-3-8-12(9)10(20(13,17)18)7-15(8)6-5-11(14)16/h2-4,7H,5-6H2,1H3,(H2,14,16). The molecule has 1 amide bonds. The summed E-state index contributed by atoms with van der Waals surface area (Å²) in [5, 5.41) is 0.398. The Morgan fingerprint density at radius 3 is 2.70 bits per heavy atom. The van der Waals surface area contributed by atoms with Gasteiger partial charge in [-0.2, -0.15) is 0 Å². The zero-order valence-electron chi connectivity index (χ0n) is 10.7. The number of hydrogen-bond acceptors (Lipinski definition) is 4. The molecule has 2 aromatic rings. The number of nitrogens with two attached hydrogens (primary N) is 1. The Bertz CT molecular complexity index is 767. The number of ether oxygens (including phenoxy) is 1. The highest BCUT2D eigenvalue weighted by Gasteiger charge is 2.21. The first-order valence-electron chi connectivity index (χ1n) is 5.73. The van der Waals surface area contributed by atoms with Crippen molar-refractivity contribution in [2.75, 3.05) is 7.11 Å². The molecule has 1 aromatic heterocycles. The number of primary amides is 1. The topological polar surface area (TPSA) is 91.4 Å². The van der Waals surface area contributed by atoms with Gasteiger partial charge in [0.2, 0.25) is 5.91 Å². The molecular formula is C12H13ClN2O4S. The molecule has 20 heavy (non-hydrogen) atoms. The van der Waals surface area contributed by atoms with Gasteiger partial charge in [0.05, 0.1) is 18.0 Å². The number of carbonyl (C=O) groups is 1. The first kappa shape index (κ1) is 14.7. The molecule has 0 fully saturated rings. The molecule has 0 aliphatic carbocycles. The molecule has 0 atom stereocenters. The molecule has 0 saturated carbocycles. The highest BCUT2D eigenvalue weighted by Crippen LogP contribution is 2.35. The smallest absolute Gasteiger partial charge is 0.263 e. The van der Waals surface area contributed by atoms with E-state index >= 15 is 0 Å². The SMILES string of the molecule is COc1cccc2c1c(S(=O)(=O)Cl)cn2CCC(N)=O. The van der Waals surface area contributed by atoms with Crippen LogP contribution in [0.3, 0.4) is 0 Å². The van der Waals surface area contributed by atoms with Gasteiger partial charge in [0.25, 0.3) is 9.05 Å². The van der Waals surface area contributed by atoms with Crippen LogP contribution in [0.15, 0.2) is 29.3 Å². The van der Waals surface area contributed by atoms with Crippen LogP contribution < -0.4 is 10.5 Å². The van der Waals surface area contributed by atoms with Crippen LogP contribution in [-0.4, -0.2) is 26.0 Å². The lowest BCUT2D eigenvalue weighted by atomic mass is 10.2. The van der Waals surface area contributed by atoms with Gasteiger partial charge in [-0.3, -0.25) is 4.79 Å². The summed E-state index contributed by atoms with van der Waals surface area (Å²) in [5.41, 5.74) is 5.73. The summed E-state index contributed by atoms with van der Waals surface area (Å²) in [6.07, 6.45) is 1.49. The number of aryl methyl sites for hydroxylation is 1. The van der Waals surface area contributed by atoms with Crippen molar-refractivity contribution >= 4 is 36.5 Å². The van der Waals surface area contributed by atoms with E-state index < -0.39 is 15.0 Å². The Kier molecular flexibility index (Phi) is 3.92. The summed E-state index contributed by atoms with van der Waals surface area (Å²) < 4.78 is 30.1. The molecular weight excluding hydrogens is 304 g/mol. The molecule has 0 unspecified atom stereocenters.